The minimum absolute atomic E-state index is 0.300. The number of nitrogens with one attached hydrogen (secondary N) is 1. The first-order valence-electron chi connectivity index (χ1n) is 3.61. The maximum absolute atomic E-state index is 13.1. The van der Waals surface area contributed by atoms with Crippen molar-refractivity contribution in [3.8, 4) is 0 Å². The number of H-pyrrole nitrogens is 1. The van der Waals surface area contributed by atoms with Gasteiger partial charge in [0.25, 0.3) is 0 Å². The molecule has 1 N–H and O–H groups in total. The summed E-state index contributed by atoms with van der Waals surface area (Å²) in [7, 11) is 0. The fourth-order valence-corrected chi connectivity index (χ4v) is 1.52. The first-order chi connectivity index (χ1) is 5.66. The topological polar surface area (TPSA) is 15.8 Å². The zero-order valence-corrected chi connectivity index (χ0v) is 7.24. The van der Waals surface area contributed by atoms with E-state index >= 15 is 0 Å². The van der Waals surface area contributed by atoms with E-state index in [0.29, 0.717) is 10.5 Å². The normalized spacial score (nSPS) is 10.9. The van der Waals surface area contributed by atoms with Crippen LogP contribution in [0.1, 0.15) is 5.69 Å². The van der Waals surface area contributed by atoms with E-state index in [0.717, 1.165) is 11.1 Å². The molecule has 0 bridgehead atoms. The highest BCUT2D eigenvalue weighted by atomic mass is 35.5. The lowest BCUT2D eigenvalue weighted by Gasteiger charge is -1.93. The van der Waals surface area contributed by atoms with E-state index in [9.17, 15) is 4.39 Å². The molecular formula is C9H7ClFN. The number of halogens is 2. The fourth-order valence-electron chi connectivity index (χ4n) is 1.31. The lowest BCUT2D eigenvalue weighted by molar-refractivity contribution is 0.637. The largest absolute Gasteiger partial charge is 0.356 e. The molecule has 0 radical (unpaired) electrons. The van der Waals surface area contributed by atoms with Gasteiger partial charge in [-0.2, -0.15) is 0 Å². The van der Waals surface area contributed by atoms with Crippen LogP contribution in [-0.4, -0.2) is 4.98 Å². The van der Waals surface area contributed by atoms with Gasteiger partial charge in [0.1, 0.15) is 5.82 Å². The van der Waals surface area contributed by atoms with Crippen molar-refractivity contribution < 1.29 is 4.39 Å². The van der Waals surface area contributed by atoms with Crippen LogP contribution in [-0.2, 0) is 0 Å². The summed E-state index contributed by atoms with van der Waals surface area (Å²) < 4.78 is 13.1. The van der Waals surface area contributed by atoms with Crippen molar-refractivity contribution in [3.05, 3.63) is 34.7 Å². The zero-order chi connectivity index (χ0) is 8.72. The van der Waals surface area contributed by atoms with Crippen LogP contribution in [0.3, 0.4) is 0 Å². The Hall–Kier alpha value is -1.02. The van der Waals surface area contributed by atoms with Crippen LogP contribution >= 0.6 is 11.6 Å². The predicted molar refractivity (Wildman–Crippen MR) is 48.0 cm³/mol. The molecule has 0 amide bonds. The minimum Gasteiger partial charge on any atom is -0.356 e. The van der Waals surface area contributed by atoms with Crippen LogP contribution in [0.25, 0.3) is 10.9 Å². The van der Waals surface area contributed by atoms with Gasteiger partial charge >= 0.3 is 0 Å². The number of rotatable bonds is 0. The summed E-state index contributed by atoms with van der Waals surface area (Å²) in [5.74, 6) is -0.300. The Balaban J connectivity index is 2.88. The summed E-state index contributed by atoms with van der Waals surface area (Å²) in [6, 6.07) is 4.91. The highest BCUT2D eigenvalue weighted by Crippen LogP contribution is 2.22. The molecule has 0 spiro atoms. The molecular weight excluding hydrogens is 177 g/mol. The van der Waals surface area contributed by atoms with Crippen molar-refractivity contribution in [3.63, 3.8) is 0 Å². The number of benzene rings is 1. The summed E-state index contributed by atoms with van der Waals surface area (Å²) in [5.41, 5.74) is 1.46. The highest BCUT2D eigenvalue weighted by Gasteiger charge is 2.04. The molecule has 2 rings (SSSR count). The van der Waals surface area contributed by atoms with E-state index in [2.05, 4.69) is 4.98 Å². The highest BCUT2D eigenvalue weighted by molar-refractivity contribution is 6.31. The third kappa shape index (κ3) is 1.08. The van der Waals surface area contributed by atoms with Gasteiger partial charge in [-0.25, -0.2) is 4.39 Å². The molecule has 0 saturated heterocycles. The number of hydrogen-bond donors (Lipinski definition) is 1. The molecule has 0 saturated carbocycles. The van der Waals surface area contributed by atoms with E-state index in [-0.39, 0.29) is 5.82 Å². The van der Waals surface area contributed by atoms with E-state index in [1.54, 1.807) is 6.07 Å². The van der Waals surface area contributed by atoms with Gasteiger partial charge < -0.3 is 4.98 Å². The molecule has 0 atom stereocenters. The number of hydrogen-bond acceptors (Lipinski definition) is 0. The number of aromatic amines is 1. The molecule has 3 heteroatoms. The maximum Gasteiger partial charge on any atom is 0.148 e. The Morgan fingerprint density at radius 3 is 2.83 bits per heavy atom. The Morgan fingerprint density at radius 2 is 2.08 bits per heavy atom. The first kappa shape index (κ1) is 7.62. The van der Waals surface area contributed by atoms with Gasteiger partial charge in [-0.3, -0.25) is 0 Å². The molecule has 0 unspecified atom stereocenters. The molecule has 0 aliphatic carbocycles. The summed E-state index contributed by atoms with van der Waals surface area (Å²) >= 11 is 5.68. The second-order valence-electron chi connectivity index (χ2n) is 2.80. The molecule has 0 fully saturated rings. The van der Waals surface area contributed by atoms with E-state index in [4.69, 9.17) is 11.6 Å². The summed E-state index contributed by atoms with van der Waals surface area (Å²) in [5, 5.41) is 1.25. The third-order valence-electron chi connectivity index (χ3n) is 1.78. The summed E-state index contributed by atoms with van der Waals surface area (Å²) in [6.45, 7) is 1.88. The van der Waals surface area contributed by atoms with Gasteiger partial charge in [-0.1, -0.05) is 11.6 Å². The average molecular weight is 184 g/mol. The lowest BCUT2D eigenvalue weighted by atomic mass is 10.2. The van der Waals surface area contributed by atoms with E-state index in [1.807, 2.05) is 13.0 Å². The predicted octanol–water partition coefficient (Wildman–Crippen LogP) is 3.27. The molecule has 1 heterocycles. The van der Waals surface area contributed by atoms with Gasteiger partial charge in [0.2, 0.25) is 0 Å². The van der Waals surface area contributed by atoms with Gasteiger partial charge in [-0.05, 0) is 25.1 Å². The monoisotopic (exact) mass is 183 g/mol. The van der Waals surface area contributed by atoms with Crippen molar-refractivity contribution in [2.24, 2.45) is 0 Å². The van der Waals surface area contributed by atoms with Crippen LogP contribution < -0.4 is 0 Å². The lowest BCUT2D eigenvalue weighted by Crippen LogP contribution is -1.77. The van der Waals surface area contributed by atoms with Crippen molar-refractivity contribution in [1.29, 1.82) is 0 Å². The van der Waals surface area contributed by atoms with Crippen LogP contribution in [0.4, 0.5) is 4.39 Å². The Kier molecular flexibility index (Phi) is 1.58. The summed E-state index contributed by atoms with van der Waals surface area (Å²) in [6.07, 6.45) is 0. The molecule has 12 heavy (non-hydrogen) atoms. The molecule has 1 nitrogen and oxygen atoms in total. The van der Waals surface area contributed by atoms with Gasteiger partial charge in [0.05, 0.1) is 5.52 Å². The Labute approximate surface area is 74.2 Å². The van der Waals surface area contributed by atoms with Gasteiger partial charge in [0, 0.05) is 16.1 Å². The average Bonchev–Trinajstić information content (AvgIpc) is 2.29. The number of aryl methyl sites for hydroxylation is 1. The van der Waals surface area contributed by atoms with Crippen molar-refractivity contribution >= 4 is 22.5 Å². The number of fused-ring (bicyclic) bond motifs is 1. The smallest absolute Gasteiger partial charge is 0.148 e. The Bertz CT molecular complexity index is 433. The van der Waals surface area contributed by atoms with Crippen LogP contribution in [0.15, 0.2) is 18.2 Å². The van der Waals surface area contributed by atoms with Crippen molar-refractivity contribution in [1.82, 2.24) is 4.98 Å². The maximum atomic E-state index is 13.1. The molecule has 0 aliphatic heterocycles. The van der Waals surface area contributed by atoms with Crippen molar-refractivity contribution in [2.75, 3.05) is 0 Å². The SMILES string of the molecule is Cc1cc2cc(Cl)cc(F)c2[nH]1. The zero-order valence-electron chi connectivity index (χ0n) is 6.49. The summed E-state index contributed by atoms with van der Waals surface area (Å²) in [4.78, 5) is 2.92. The second-order valence-corrected chi connectivity index (χ2v) is 3.24. The van der Waals surface area contributed by atoms with Crippen LogP contribution in [0.5, 0.6) is 0 Å². The first-order valence-corrected chi connectivity index (χ1v) is 3.99. The molecule has 2 aromatic rings. The molecule has 1 aromatic carbocycles. The molecule has 1 aromatic heterocycles. The molecule has 62 valence electrons. The standard InChI is InChI=1S/C9H7ClFN/c1-5-2-6-3-7(10)4-8(11)9(6)12-5/h2-4,12H,1H3. The quantitative estimate of drug-likeness (QED) is 0.645. The van der Waals surface area contributed by atoms with Gasteiger partial charge in [-0.15, -0.1) is 0 Å². The second kappa shape index (κ2) is 2.49. The van der Waals surface area contributed by atoms with Crippen LogP contribution in [0.2, 0.25) is 5.02 Å². The van der Waals surface area contributed by atoms with Gasteiger partial charge in [0.15, 0.2) is 0 Å². The molecule has 0 aliphatic rings. The van der Waals surface area contributed by atoms with E-state index < -0.39 is 0 Å². The number of aromatic nitrogens is 1. The minimum atomic E-state index is -0.300. The van der Waals surface area contributed by atoms with Crippen LogP contribution in [0, 0.1) is 12.7 Å². The third-order valence-corrected chi connectivity index (χ3v) is 2.00. The van der Waals surface area contributed by atoms with E-state index in [1.165, 1.54) is 6.07 Å². The van der Waals surface area contributed by atoms with Crippen molar-refractivity contribution in [2.45, 2.75) is 6.92 Å². The Morgan fingerprint density at radius 1 is 1.33 bits per heavy atom. The fraction of sp³-hybridized carbons (Fsp3) is 0.111.